The van der Waals surface area contributed by atoms with Gasteiger partial charge in [0.15, 0.2) is 0 Å². The van der Waals surface area contributed by atoms with Crippen LogP contribution in [0, 0.1) is 10.8 Å². The first-order valence-corrected chi connectivity index (χ1v) is 11.6. The van der Waals surface area contributed by atoms with Gasteiger partial charge in [-0.2, -0.15) is 0 Å². The van der Waals surface area contributed by atoms with Crippen LogP contribution >= 0.6 is 0 Å². The lowest BCUT2D eigenvalue weighted by atomic mass is 9.96. The van der Waals surface area contributed by atoms with Crippen LogP contribution in [0.5, 0.6) is 0 Å². The third-order valence-corrected chi connectivity index (χ3v) is 4.74. The van der Waals surface area contributed by atoms with Crippen molar-refractivity contribution in [2.75, 3.05) is 10.6 Å². The van der Waals surface area contributed by atoms with Crippen molar-refractivity contribution in [1.82, 2.24) is 9.97 Å². The zero-order chi connectivity index (χ0) is 27.5. The number of hydrogen-bond donors (Lipinski definition) is 4. The molecule has 2 rings (SSSR count). The Bertz CT molecular complexity index is 951. The summed E-state index contributed by atoms with van der Waals surface area (Å²) in [6.07, 6.45) is 4.38. The molecule has 2 aromatic rings. The molecule has 4 N–H and O–H groups in total. The molecule has 0 saturated carbocycles. The molecule has 0 spiro atoms. The number of carbonyl (C=O) groups excluding carboxylic acids is 2. The maximum absolute atomic E-state index is 12.0. The molecule has 0 aliphatic rings. The summed E-state index contributed by atoms with van der Waals surface area (Å²) in [5.41, 5.74) is 0.801. The quantitative estimate of drug-likeness (QED) is 0.375. The van der Waals surface area contributed by atoms with Gasteiger partial charge in [0.25, 0.3) is 0 Å². The van der Waals surface area contributed by atoms with E-state index in [1.807, 2.05) is 53.7 Å². The molecule has 0 atom stereocenters. The Labute approximate surface area is 211 Å². The number of carbonyl (C=O) groups is 4. The first-order valence-electron chi connectivity index (χ1n) is 11.6. The third-order valence-electron chi connectivity index (χ3n) is 4.74. The Hall–Kier alpha value is -3.82. The van der Waals surface area contributed by atoms with Gasteiger partial charge < -0.3 is 20.8 Å². The van der Waals surface area contributed by atoms with E-state index in [4.69, 9.17) is 10.2 Å². The van der Waals surface area contributed by atoms with Crippen molar-refractivity contribution < 1.29 is 29.4 Å². The number of aliphatic carboxylic acids is 2. The van der Waals surface area contributed by atoms with E-state index in [1.165, 1.54) is 0 Å². The van der Waals surface area contributed by atoms with Gasteiger partial charge in [0.1, 0.15) is 11.6 Å². The lowest BCUT2D eigenvalue weighted by Crippen LogP contribution is -2.28. The second-order valence-electron chi connectivity index (χ2n) is 10.3. The molecular weight excluding hydrogens is 464 g/mol. The highest BCUT2D eigenvalue weighted by atomic mass is 16.4. The Morgan fingerprint density at radius 2 is 1.00 bits per heavy atom. The van der Waals surface area contributed by atoms with Crippen LogP contribution < -0.4 is 10.6 Å². The average Bonchev–Trinajstić information content (AvgIpc) is 2.77. The summed E-state index contributed by atoms with van der Waals surface area (Å²) in [5.74, 6) is -0.890. The Morgan fingerprint density at radius 1 is 0.667 bits per heavy atom. The minimum Gasteiger partial charge on any atom is -0.481 e. The Balaban J connectivity index is 0.000000548. The maximum Gasteiger partial charge on any atom is 0.303 e. The number of pyridine rings is 2. The molecule has 0 fully saturated rings. The van der Waals surface area contributed by atoms with E-state index in [0.29, 0.717) is 24.5 Å². The molecule has 0 aromatic carbocycles. The normalized spacial score (nSPS) is 11.1. The third kappa shape index (κ3) is 11.5. The van der Waals surface area contributed by atoms with Crippen LogP contribution in [-0.2, 0) is 19.2 Å². The lowest BCUT2D eigenvalue weighted by Gasteiger charge is -2.17. The molecule has 0 aliphatic heterocycles. The van der Waals surface area contributed by atoms with E-state index in [-0.39, 0.29) is 24.7 Å². The molecule has 0 radical (unpaired) electrons. The van der Waals surface area contributed by atoms with Gasteiger partial charge in [-0.1, -0.05) is 41.5 Å². The largest absolute Gasteiger partial charge is 0.481 e. The lowest BCUT2D eigenvalue weighted by molar-refractivity contribution is -0.139. The van der Waals surface area contributed by atoms with Crippen LogP contribution in [0.3, 0.4) is 0 Å². The number of aromatic nitrogens is 2. The minimum absolute atomic E-state index is 0.0628. The van der Waals surface area contributed by atoms with E-state index < -0.39 is 22.8 Å². The molecule has 10 heteroatoms. The van der Waals surface area contributed by atoms with Crippen LogP contribution in [0.25, 0.3) is 11.1 Å². The molecule has 0 unspecified atom stereocenters. The van der Waals surface area contributed by atoms with E-state index in [2.05, 4.69) is 20.6 Å². The van der Waals surface area contributed by atoms with Crippen molar-refractivity contribution in [1.29, 1.82) is 0 Å². The summed E-state index contributed by atoms with van der Waals surface area (Å²) >= 11 is 0. The molecule has 36 heavy (non-hydrogen) atoms. The van der Waals surface area contributed by atoms with Crippen molar-refractivity contribution in [3.05, 3.63) is 36.7 Å². The summed E-state index contributed by atoms with van der Waals surface area (Å²) in [6.45, 7) is 11.1. The summed E-state index contributed by atoms with van der Waals surface area (Å²) in [4.78, 5) is 52.3. The van der Waals surface area contributed by atoms with E-state index >= 15 is 0 Å². The molecular formula is C26H36N4O6. The van der Waals surface area contributed by atoms with Gasteiger partial charge in [0, 0.05) is 47.2 Å². The van der Waals surface area contributed by atoms with Crippen molar-refractivity contribution >= 4 is 35.4 Å². The minimum atomic E-state index is -0.870. The zero-order valence-corrected chi connectivity index (χ0v) is 21.7. The number of hydrogen-bond acceptors (Lipinski definition) is 6. The molecule has 10 nitrogen and oxygen atoms in total. The van der Waals surface area contributed by atoms with Gasteiger partial charge in [0.2, 0.25) is 11.8 Å². The fourth-order valence-electron chi connectivity index (χ4n) is 2.44. The van der Waals surface area contributed by atoms with Crippen LogP contribution in [0.1, 0.15) is 67.2 Å². The predicted molar refractivity (Wildman–Crippen MR) is 137 cm³/mol. The highest BCUT2D eigenvalue weighted by Crippen LogP contribution is 2.22. The van der Waals surface area contributed by atoms with Crippen LogP contribution in [0.2, 0.25) is 0 Å². The van der Waals surface area contributed by atoms with Crippen LogP contribution in [0.15, 0.2) is 36.7 Å². The first kappa shape index (κ1) is 30.2. The first-order chi connectivity index (χ1) is 16.6. The summed E-state index contributed by atoms with van der Waals surface area (Å²) in [7, 11) is 0. The second kappa shape index (κ2) is 13.3. The highest BCUT2D eigenvalue weighted by molar-refractivity contribution is 5.94. The van der Waals surface area contributed by atoms with Gasteiger partial charge >= 0.3 is 11.9 Å². The number of carboxylic acids is 2. The number of unbranched alkanes of at least 4 members (excludes halogenated alkanes) is 1. The number of anilines is 2. The van der Waals surface area contributed by atoms with Gasteiger partial charge in [-0.15, -0.1) is 0 Å². The predicted octanol–water partition coefficient (Wildman–Crippen LogP) is 4.83. The Kier molecular flexibility index (Phi) is 11.2. The smallest absolute Gasteiger partial charge is 0.303 e. The number of rotatable bonds is 8. The van der Waals surface area contributed by atoms with Gasteiger partial charge in [0.05, 0.1) is 0 Å². The summed E-state index contributed by atoms with van der Waals surface area (Å²) in [6, 6.07) is 7.26. The highest BCUT2D eigenvalue weighted by Gasteiger charge is 2.22. The molecule has 2 heterocycles. The van der Waals surface area contributed by atoms with Crippen molar-refractivity contribution in [2.45, 2.75) is 67.2 Å². The fraction of sp³-hybridized carbons (Fsp3) is 0.462. The van der Waals surface area contributed by atoms with E-state index in [0.717, 1.165) is 11.1 Å². The topological polar surface area (TPSA) is 159 Å². The SMILES string of the molecule is CC(C)(C)C(=O)Nc1ccc(-c2ccc(NC(=O)C(C)(C)C)nc2)cn1.O=C(O)CCCCC(=O)O. The molecule has 0 bridgehead atoms. The number of nitrogens with zero attached hydrogens (tertiary/aromatic N) is 2. The molecule has 196 valence electrons. The Morgan fingerprint density at radius 3 is 1.22 bits per heavy atom. The average molecular weight is 501 g/mol. The standard InChI is InChI=1S/C20H26N4O2.C6H10O4/c1-19(2,3)17(25)23-15-9-7-13(11-21-15)14-8-10-16(22-12-14)24-18(26)20(4,5)6;7-5(8)3-1-2-4-6(9)10/h7-12H,1-6H3,(H,21,23,25)(H,22,24,26);1-4H2,(H,7,8)(H,9,10). The molecule has 2 aromatic heterocycles. The molecule has 0 aliphatic carbocycles. The van der Waals surface area contributed by atoms with Crippen molar-refractivity contribution in [2.24, 2.45) is 10.8 Å². The number of nitrogens with one attached hydrogen (secondary N) is 2. The second-order valence-corrected chi connectivity index (χ2v) is 10.3. The molecule has 0 saturated heterocycles. The van der Waals surface area contributed by atoms with E-state index in [1.54, 1.807) is 24.5 Å². The monoisotopic (exact) mass is 500 g/mol. The zero-order valence-electron chi connectivity index (χ0n) is 21.7. The fourth-order valence-corrected chi connectivity index (χ4v) is 2.44. The number of carboxylic acid groups (broad SMARTS) is 2. The maximum atomic E-state index is 12.0. The van der Waals surface area contributed by atoms with Gasteiger partial charge in [-0.3, -0.25) is 19.2 Å². The van der Waals surface area contributed by atoms with Crippen molar-refractivity contribution in [3.63, 3.8) is 0 Å². The van der Waals surface area contributed by atoms with Crippen LogP contribution in [0.4, 0.5) is 11.6 Å². The summed E-state index contributed by atoms with van der Waals surface area (Å²) in [5, 5.41) is 21.8. The van der Waals surface area contributed by atoms with Crippen molar-refractivity contribution in [3.8, 4) is 11.1 Å². The van der Waals surface area contributed by atoms with Gasteiger partial charge in [-0.25, -0.2) is 9.97 Å². The number of amides is 2. The van der Waals surface area contributed by atoms with E-state index in [9.17, 15) is 19.2 Å². The van der Waals surface area contributed by atoms with Gasteiger partial charge in [-0.05, 0) is 37.1 Å². The van der Waals surface area contributed by atoms with Crippen LogP contribution in [-0.4, -0.2) is 43.9 Å². The molecule has 2 amide bonds. The summed E-state index contributed by atoms with van der Waals surface area (Å²) < 4.78 is 0.